The van der Waals surface area contributed by atoms with Crippen molar-refractivity contribution in [3.05, 3.63) is 0 Å². The van der Waals surface area contributed by atoms with Crippen molar-refractivity contribution in [1.29, 1.82) is 0 Å². The Morgan fingerprint density at radius 2 is 1.89 bits per heavy atom. The summed E-state index contributed by atoms with van der Waals surface area (Å²) in [5.74, 6) is -1.86. The highest BCUT2D eigenvalue weighted by Gasteiger charge is 2.24. The Kier molecular flexibility index (Phi) is 7.50. The summed E-state index contributed by atoms with van der Waals surface area (Å²) < 4.78 is 0. The van der Waals surface area contributed by atoms with Crippen molar-refractivity contribution in [2.45, 2.75) is 38.8 Å². The zero-order valence-electron chi connectivity index (χ0n) is 11.1. The molecule has 0 aromatic rings. The van der Waals surface area contributed by atoms with Gasteiger partial charge < -0.3 is 26.2 Å². The second-order valence-corrected chi connectivity index (χ2v) is 4.36. The fraction of sp³-hybridized carbons (Fsp3) is 0.727. The fourth-order valence-electron chi connectivity index (χ4n) is 1.48. The summed E-state index contributed by atoms with van der Waals surface area (Å²) in [5.41, 5.74) is 4.94. The van der Waals surface area contributed by atoms with Crippen LogP contribution in [0.1, 0.15) is 26.7 Å². The fourth-order valence-corrected chi connectivity index (χ4v) is 1.48. The van der Waals surface area contributed by atoms with E-state index in [1.807, 2.05) is 0 Å². The van der Waals surface area contributed by atoms with Gasteiger partial charge in [-0.15, -0.1) is 0 Å². The lowest BCUT2D eigenvalue weighted by molar-refractivity contribution is -0.139. The maximum absolute atomic E-state index is 11.9. The van der Waals surface area contributed by atoms with Crippen LogP contribution in [0.5, 0.6) is 0 Å². The average molecular weight is 275 g/mol. The van der Waals surface area contributed by atoms with Crippen LogP contribution >= 0.6 is 0 Å². The third-order valence-corrected chi connectivity index (χ3v) is 2.50. The minimum absolute atomic E-state index is 0.0680. The molecule has 8 heteroatoms. The number of nitrogens with one attached hydrogen (secondary N) is 1. The number of hydrogen-bond acceptors (Lipinski definition) is 4. The van der Waals surface area contributed by atoms with Crippen molar-refractivity contribution in [2.24, 2.45) is 5.73 Å². The van der Waals surface area contributed by atoms with Crippen molar-refractivity contribution in [1.82, 2.24) is 10.2 Å². The van der Waals surface area contributed by atoms with E-state index in [9.17, 15) is 14.4 Å². The third-order valence-electron chi connectivity index (χ3n) is 2.50. The first-order valence-corrected chi connectivity index (χ1v) is 5.98. The van der Waals surface area contributed by atoms with Gasteiger partial charge in [-0.1, -0.05) is 0 Å². The average Bonchev–Trinajstić information content (AvgIpc) is 2.29. The molecule has 0 aromatic carbocycles. The molecule has 19 heavy (non-hydrogen) atoms. The summed E-state index contributed by atoms with van der Waals surface area (Å²) in [6, 6.07) is -1.96. The van der Waals surface area contributed by atoms with Gasteiger partial charge in [0.2, 0.25) is 5.91 Å². The molecule has 8 nitrogen and oxygen atoms in total. The van der Waals surface area contributed by atoms with Crippen LogP contribution in [0.2, 0.25) is 0 Å². The van der Waals surface area contributed by atoms with Crippen molar-refractivity contribution < 1.29 is 24.6 Å². The summed E-state index contributed by atoms with van der Waals surface area (Å²) >= 11 is 0. The predicted octanol–water partition coefficient (Wildman–Crippen LogP) is -0.883. The lowest BCUT2D eigenvalue weighted by Gasteiger charge is -2.27. The number of carbonyl (C=O) groups excluding carboxylic acids is 2. The molecule has 3 amide bonds. The lowest BCUT2D eigenvalue weighted by Crippen LogP contribution is -2.51. The Bertz CT molecular complexity index is 332. The number of hydrogen-bond donors (Lipinski definition) is 4. The van der Waals surface area contributed by atoms with Crippen LogP contribution < -0.4 is 11.1 Å². The molecule has 0 saturated heterocycles. The smallest absolute Gasteiger partial charge is 0.326 e. The summed E-state index contributed by atoms with van der Waals surface area (Å²) in [6.07, 6.45) is -0.194. The van der Waals surface area contributed by atoms with Crippen LogP contribution in [0.25, 0.3) is 0 Å². The summed E-state index contributed by atoms with van der Waals surface area (Å²) in [7, 11) is 0. The van der Waals surface area contributed by atoms with Crippen LogP contribution in [0, 0.1) is 0 Å². The quantitative estimate of drug-likeness (QED) is 0.456. The number of aliphatic carboxylic acids is 1. The van der Waals surface area contributed by atoms with E-state index in [-0.39, 0.29) is 32.0 Å². The first kappa shape index (κ1) is 17.2. The molecule has 0 aliphatic carbocycles. The Morgan fingerprint density at radius 1 is 1.32 bits per heavy atom. The lowest BCUT2D eigenvalue weighted by atomic mass is 10.1. The van der Waals surface area contributed by atoms with E-state index < -0.39 is 23.9 Å². The van der Waals surface area contributed by atoms with E-state index in [0.29, 0.717) is 0 Å². The van der Waals surface area contributed by atoms with Crippen molar-refractivity contribution in [3.8, 4) is 0 Å². The molecule has 0 rings (SSSR count). The molecule has 0 aliphatic rings. The minimum Gasteiger partial charge on any atom is -0.480 e. The van der Waals surface area contributed by atoms with E-state index in [4.69, 9.17) is 15.9 Å². The van der Waals surface area contributed by atoms with Crippen LogP contribution in [0.4, 0.5) is 4.79 Å². The molecule has 0 aliphatic heterocycles. The normalized spacial score (nSPS) is 12.0. The standard InChI is InChI=1S/C11H21N3O5/c1-7(2)14(5-6-15)11(19)13-8(10(17)18)3-4-9(12)16/h7-8,15H,3-6H2,1-2H3,(H2,12,16)(H,13,19)(H,17,18). The Balaban J connectivity index is 4.59. The first-order valence-electron chi connectivity index (χ1n) is 5.98. The SMILES string of the molecule is CC(C)N(CCO)C(=O)NC(CCC(N)=O)C(=O)O. The first-order chi connectivity index (χ1) is 8.79. The number of aliphatic hydroxyl groups is 1. The number of urea groups is 1. The topological polar surface area (TPSA) is 133 Å². The van der Waals surface area contributed by atoms with Gasteiger partial charge in [0.15, 0.2) is 0 Å². The van der Waals surface area contributed by atoms with Gasteiger partial charge in [0.25, 0.3) is 0 Å². The number of nitrogens with two attached hydrogens (primary N) is 1. The highest BCUT2D eigenvalue weighted by Crippen LogP contribution is 2.02. The van der Waals surface area contributed by atoms with Gasteiger partial charge in [-0.05, 0) is 20.3 Å². The molecule has 1 unspecified atom stereocenters. The summed E-state index contributed by atoms with van der Waals surface area (Å²) in [4.78, 5) is 34.8. The molecule has 0 saturated carbocycles. The van der Waals surface area contributed by atoms with Crippen LogP contribution in [0.3, 0.4) is 0 Å². The highest BCUT2D eigenvalue weighted by atomic mass is 16.4. The van der Waals surface area contributed by atoms with E-state index >= 15 is 0 Å². The summed E-state index contributed by atoms with van der Waals surface area (Å²) in [6.45, 7) is 3.37. The van der Waals surface area contributed by atoms with E-state index in [2.05, 4.69) is 5.32 Å². The van der Waals surface area contributed by atoms with Crippen LogP contribution in [0.15, 0.2) is 0 Å². The van der Waals surface area contributed by atoms with Gasteiger partial charge in [-0.25, -0.2) is 9.59 Å². The van der Waals surface area contributed by atoms with Gasteiger partial charge in [0.1, 0.15) is 6.04 Å². The second kappa shape index (κ2) is 8.30. The van der Waals surface area contributed by atoms with E-state index in [1.165, 1.54) is 4.90 Å². The van der Waals surface area contributed by atoms with Gasteiger partial charge >= 0.3 is 12.0 Å². The molecule has 0 heterocycles. The molecule has 0 fully saturated rings. The maximum Gasteiger partial charge on any atom is 0.326 e. The summed E-state index contributed by atoms with van der Waals surface area (Å²) in [5, 5.41) is 20.1. The molecule has 0 bridgehead atoms. The Hall–Kier alpha value is -1.83. The van der Waals surface area contributed by atoms with E-state index in [0.717, 1.165) is 0 Å². The predicted molar refractivity (Wildman–Crippen MR) is 67.3 cm³/mol. The molecule has 110 valence electrons. The molecule has 0 radical (unpaired) electrons. The second-order valence-electron chi connectivity index (χ2n) is 4.36. The largest absolute Gasteiger partial charge is 0.480 e. The van der Waals surface area contributed by atoms with Crippen molar-refractivity contribution >= 4 is 17.9 Å². The molecule has 5 N–H and O–H groups in total. The number of carboxylic acids is 1. The maximum atomic E-state index is 11.9. The molecule has 1 atom stereocenters. The zero-order valence-corrected chi connectivity index (χ0v) is 11.1. The van der Waals surface area contributed by atoms with Crippen molar-refractivity contribution in [2.75, 3.05) is 13.2 Å². The van der Waals surface area contributed by atoms with Crippen LogP contribution in [-0.4, -0.2) is 58.3 Å². The third kappa shape index (κ3) is 6.61. The molecule has 0 aromatic heterocycles. The minimum atomic E-state index is -1.23. The monoisotopic (exact) mass is 275 g/mol. The van der Waals surface area contributed by atoms with Gasteiger partial charge in [0, 0.05) is 19.0 Å². The van der Waals surface area contributed by atoms with Crippen LogP contribution in [-0.2, 0) is 9.59 Å². The van der Waals surface area contributed by atoms with E-state index in [1.54, 1.807) is 13.8 Å². The molecular formula is C11H21N3O5. The number of primary amides is 1. The van der Waals surface area contributed by atoms with Crippen molar-refractivity contribution in [3.63, 3.8) is 0 Å². The molecular weight excluding hydrogens is 254 g/mol. The number of nitrogens with zero attached hydrogens (tertiary/aromatic N) is 1. The van der Waals surface area contributed by atoms with Gasteiger partial charge in [-0.2, -0.15) is 0 Å². The molecule has 0 spiro atoms. The Morgan fingerprint density at radius 3 is 2.26 bits per heavy atom. The zero-order chi connectivity index (χ0) is 15.0. The highest BCUT2D eigenvalue weighted by molar-refractivity contribution is 5.83. The van der Waals surface area contributed by atoms with Gasteiger partial charge in [0.05, 0.1) is 6.61 Å². The van der Waals surface area contributed by atoms with Gasteiger partial charge in [-0.3, -0.25) is 4.79 Å². The number of aliphatic hydroxyl groups excluding tert-OH is 1. The number of carbonyl (C=O) groups is 3. The number of carboxylic acid groups (broad SMARTS) is 1. The Labute approximate surface area is 111 Å². The number of rotatable bonds is 8. The number of amides is 3.